The summed E-state index contributed by atoms with van der Waals surface area (Å²) in [6.45, 7) is 2.05. The highest BCUT2D eigenvalue weighted by atomic mass is 32.2. The summed E-state index contributed by atoms with van der Waals surface area (Å²) < 4.78 is 32.0. The predicted molar refractivity (Wildman–Crippen MR) is 135 cm³/mol. The number of amides is 1. The average molecular weight is 481 g/mol. The van der Waals surface area contributed by atoms with Gasteiger partial charge in [0.2, 0.25) is 15.9 Å². The van der Waals surface area contributed by atoms with Gasteiger partial charge in [-0.1, -0.05) is 6.07 Å². The summed E-state index contributed by atoms with van der Waals surface area (Å²) in [5.74, 6) is -0.103. The number of hydrogen-bond donors (Lipinski definition) is 2. The summed E-state index contributed by atoms with van der Waals surface area (Å²) in [4.78, 5) is 19.3. The summed E-state index contributed by atoms with van der Waals surface area (Å²) in [7, 11) is -0.970. The molecule has 3 aromatic rings. The van der Waals surface area contributed by atoms with Gasteiger partial charge in [-0.25, -0.2) is 13.1 Å². The number of anilines is 2. The number of benzene rings is 2. The van der Waals surface area contributed by atoms with Crippen LogP contribution in [0.2, 0.25) is 0 Å². The Hall–Kier alpha value is -3.43. The molecule has 9 heteroatoms. The van der Waals surface area contributed by atoms with Crippen LogP contribution < -0.4 is 19.7 Å². The van der Waals surface area contributed by atoms with Crippen molar-refractivity contribution in [3.8, 4) is 5.75 Å². The fourth-order valence-electron chi connectivity index (χ4n) is 4.16. The Labute approximate surface area is 199 Å². The average Bonchev–Trinajstić information content (AvgIpc) is 2.88. The number of aromatic nitrogens is 1. The zero-order valence-electron chi connectivity index (χ0n) is 19.2. The Morgan fingerprint density at radius 3 is 2.62 bits per heavy atom. The molecule has 2 aromatic carbocycles. The van der Waals surface area contributed by atoms with Crippen molar-refractivity contribution in [1.82, 2.24) is 9.71 Å². The molecule has 0 bridgehead atoms. The molecule has 8 nitrogen and oxygen atoms in total. The molecule has 1 aliphatic heterocycles. The topological polar surface area (TPSA) is 101 Å². The van der Waals surface area contributed by atoms with Crippen molar-refractivity contribution < 1.29 is 17.9 Å². The summed E-state index contributed by atoms with van der Waals surface area (Å²) in [5, 5.41) is 4.85. The molecular formula is C25H28N4O4S. The lowest BCUT2D eigenvalue weighted by Crippen LogP contribution is -2.29. The first-order valence-corrected chi connectivity index (χ1v) is 12.6. The minimum absolute atomic E-state index is 0.00503. The number of hydrogen-bond acceptors (Lipinski definition) is 6. The SMILES string of the molecule is CNS(=O)(=O)c1cc(/C=C/C(=O)Nc2ccc(N3CCCCC3)c3ccncc23)ccc1OC. The number of methoxy groups -OCH3 is 1. The highest BCUT2D eigenvalue weighted by molar-refractivity contribution is 7.89. The van der Waals surface area contributed by atoms with Gasteiger partial charge in [0, 0.05) is 48.0 Å². The van der Waals surface area contributed by atoms with Gasteiger partial charge in [0.25, 0.3) is 0 Å². The van der Waals surface area contributed by atoms with Crippen LogP contribution in [0.5, 0.6) is 5.75 Å². The maximum absolute atomic E-state index is 12.7. The largest absolute Gasteiger partial charge is 0.495 e. The van der Waals surface area contributed by atoms with E-state index in [1.807, 2.05) is 18.2 Å². The molecule has 0 spiro atoms. The molecule has 0 unspecified atom stereocenters. The highest BCUT2D eigenvalue weighted by Gasteiger charge is 2.18. The summed E-state index contributed by atoms with van der Waals surface area (Å²) in [6, 6.07) is 10.6. The molecule has 34 heavy (non-hydrogen) atoms. The quantitative estimate of drug-likeness (QED) is 0.499. The normalized spacial score (nSPS) is 14.5. The summed E-state index contributed by atoms with van der Waals surface area (Å²) in [6.07, 6.45) is 10.1. The van der Waals surface area contributed by atoms with E-state index in [-0.39, 0.29) is 16.6 Å². The molecule has 2 heterocycles. The van der Waals surface area contributed by atoms with Crippen LogP contribution in [0.3, 0.4) is 0 Å². The molecule has 1 fully saturated rings. The molecule has 1 aliphatic rings. The Balaban J connectivity index is 1.57. The lowest BCUT2D eigenvalue weighted by atomic mass is 10.1. The molecule has 1 amide bonds. The van der Waals surface area contributed by atoms with Crippen LogP contribution in [0.4, 0.5) is 11.4 Å². The van der Waals surface area contributed by atoms with Crippen LogP contribution in [0.1, 0.15) is 24.8 Å². The molecule has 4 rings (SSSR count). The van der Waals surface area contributed by atoms with Crippen molar-refractivity contribution in [2.24, 2.45) is 0 Å². The van der Waals surface area contributed by atoms with E-state index < -0.39 is 10.0 Å². The molecular weight excluding hydrogens is 452 g/mol. The molecule has 0 radical (unpaired) electrons. The number of nitrogens with one attached hydrogen (secondary N) is 2. The smallest absolute Gasteiger partial charge is 0.248 e. The Morgan fingerprint density at radius 1 is 1.09 bits per heavy atom. The minimum atomic E-state index is -3.71. The van der Waals surface area contributed by atoms with E-state index in [0.717, 1.165) is 29.5 Å². The van der Waals surface area contributed by atoms with Gasteiger partial charge in [-0.05, 0) is 68.3 Å². The van der Waals surface area contributed by atoms with Crippen LogP contribution in [-0.2, 0) is 14.8 Å². The molecule has 1 saturated heterocycles. The van der Waals surface area contributed by atoms with E-state index in [0.29, 0.717) is 11.3 Å². The zero-order valence-corrected chi connectivity index (χ0v) is 20.1. The third-order valence-corrected chi connectivity index (χ3v) is 7.36. The lowest BCUT2D eigenvalue weighted by Gasteiger charge is -2.30. The second kappa shape index (κ2) is 10.2. The number of rotatable bonds is 7. The van der Waals surface area contributed by atoms with E-state index >= 15 is 0 Å². The lowest BCUT2D eigenvalue weighted by molar-refractivity contribution is -0.111. The van der Waals surface area contributed by atoms with Gasteiger partial charge in [-0.2, -0.15) is 0 Å². The van der Waals surface area contributed by atoms with E-state index in [9.17, 15) is 13.2 Å². The van der Waals surface area contributed by atoms with E-state index in [1.165, 1.54) is 45.6 Å². The number of ether oxygens (including phenoxy) is 1. The second-order valence-corrected chi connectivity index (χ2v) is 9.90. The number of carbonyl (C=O) groups excluding carboxylic acids is 1. The van der Waals surface area contributed by atoms with E-state index in [4.69, 9.17) is 4.74 Å². The van der Waals surface area contributed by atoms with Gasteiger partial charge in [-0.15, -0.1) is 0 Å². The van der Waals surface area contributed by atoms with Crippen LogP contribution in [0.25, 0.3) is 16.8 Å². The number of pyridine rings is 1. The summed E-state index contributed by atoms with van der Waals surface area (Å²) in [5.41, 5.74) is 2.38. The molecule has 2 N–H and O–H groups in total. The molecule has 1 aromatic heterocycles. The monoisotopic (exact) mass is 480 g/mol. The predicted octanol–water partition coefficient (Wildman–Crippen LogP) is 3.79. The number of nitrogens with zero attached hydrogens (tertiary/aromatic N) is 2. The molecule has 178 valence electrons. The van der Waals surface area contributed by atoms with Gasteiger partial charge in [0.1, 0.15) is 10.6 Å². The molecule has 0 aliphatic carbocycles. The highest BCUT2D eigenvalue weighted by Crippen LogP contribution is 2.33. The first kappa shape index (κ1) is 23.7. The Morgan fingerprint density at radius 2 is 1.88 bits per heavy atom. The van der Waals surface area contributed by atoms with Crippen molar-refractivity contribution in [2.75, 3.05) is 37.5 Å². The van der Waals surface area contributed by atoms with E-state index in [2.05, 4.69) is 19.9 Å². The van der Waals surface area contributed by atoms with Crippen molar-refractivity contribution in [3.05, 3.63) is 60.4 Å². The van der Waals surface area contributed by atoms with Crippen molar-refractivity contribution in [2.45, 2.75) is 24.2 Å². The third-order valence-electron chi connectivity index (χ3n) is 5.92. The molecule has 0 atom stereocenters. The number of sulfonamides is 1. The second-order valence-electron chi connectivity index (χ2n) is 8.04. The number of piperidine rings is 1. The molecule has 0 saturated carbocycles. The number of fused-ring (bicyclic) bond motifs is 1. The van der Waals surface area contributed by atoms with Crippen LogP contribution >= 0.6 is 0 Å². The number of carbonyl (C=O) groups is 1. The maximum Gasteiger partial charge on any atom is 0.248 e. The fourth-order valence-corrected chi connectivity index (χ4v) is 5.08. The summed E-state index contributed by atoms with van der Waals surface area (Å²) >= 11 is 0. The van der Waals surface area contributed by atoms with Crippen LogP contribution in [0.15, 0.2) is 59.8 Å². The Kier molecular flexibility index (Phi) is 7.14. The van der Waals surface area contributed by atoms with Gasteiger partial charge in [0.05, 0.1) is 12.8 Å². The first-order valence-electron chi connectivity index (χ1n) is 11.2. The van der Waals surface area contributed by atoms with Gasteiger partial charge in [0.15, 0.2) is 0 Å². The van der Waals surface area contributed by atoms with Crippen molar-refractivity contribution >= 4 is 44.2 Å². The van der Waals surface area contributed by atoms with Gasteiger partial charge >= 0.3 is 0 Å². The fraction of sp³-hybridized carbons (Fsp3) is 0.280. The third kappa shape index (κ3) is 5.05. The zero-order chi connectivity index (χ0) is 24.1. The maximum atomic E-state index is 12.7. The minimum Gasteiger partial charge on any atom is -0.495 e. The first-order chi connectivity index (χ1) is 16.4. The van der Waals surface area contributed by atoms with Crippen LogP contribution in [0, 0.1) is 0 Å². The van der Waals surface area contributed by atoms with Crippen molar-refractivity contribution in [3.63, 3.8) is 0 Å². The van der Waals surface area contributed by atoms with Gasteiger partial charge in [-0.3, -0.25) is 9.78 Å². The van der Waals surface area contributed by atoms with Crippen molar-refractivity contribution in [1.29, 1.82) is 0 Å². The van der Waals surface area contributed by atoms with E-state index in [1.54, 1.807) is 30.6 Å². The van der Waals surface area contributed by atoms with Crippen LogP contribution in [-0.4, -0.2) is 46.6 Å². The Bertz CT molecular complexity index is 1330. The standard InChI is InChI=1S/C25H28N4O4S/c1-26-34(31,32)24-16-18(6-10-23(24)33-2)7-11-25(30)28-21-8-9-22(29-14-4-3-5-15-29)19-12-13-27-17-20(19)21/h6-13,16-17,26H,3-5,14-15H2,1-2H3,(H,28,30)/b11-7+. The van der Waals surface area contributed by atoms with Gasteiger partial charge < -0.3 is 15.0 Å².